The lowest BCUT2D eigenvalue weighted by molar-refractivity contribution is -0.138. The Hall–Kier alpha value is -2.37. The minimum absolute atomic E-state index is 0.196. The van der Waals surface area contributed by atoms with E-state index in [0.717, 1.165) is 5.56 Å². The van der Waals surface area contributed by atoms with Crippen LogP contribution in [0.2, 0.25) is 0 Å². The lowest BCUT2D eigenvalue weighted by Gasteiger charge is -2.22. The quantitative estimate of drug-likeness (QED) is 0.706. The first-order chi connectivity index (χ1) is 10.7. The first-order valence-electron chi connectivity index (χ1n) is 7.50. The van der Waals surface area contributed by atoms with Gasteiger partial charge in [-0.05, 0) is 11.0 Å². The normalized spacial score (nSPS) is 12.3. The molecule has 6 heteroatoms. The van der Waals surface area contributed by atoms with Gasteiger partial charge in [0, 0.05) is 12.8 Å². The van der Waals surface area contributed by atoms with Crippen molar-refractivity contribution >= 4 is 17.8 Å². The van der Waals surface area contributed by atoms with Crippen molar-refractivity contribution in [3.63, 3.8) is 0 Å². The van der Waals surface area contributed by atoms with Crippen molar-refractivity contribution in [1.82, 2.24) is 10.6 Å². The van der Waals surface area contributed by atoms with Gasteiger partial charge < -0.3 is 15.7 Å². The number of carboxylic acid groups (broad SMARTS) is 1. The van der Waals surface area contributed by atoms with E-state index in [1.54, 1.807) is 0 Å². The van der Waals surface area contributed by atoms with Gasteiger partial charge in [-0.25, -0.2) is 0 Å². The summed E-state index contributed by atoms with van der Waals surface area (Å²) < 4.78 is 0. The number of hydrogen-bond donors (Lipinski definition) is 3. The summed E-state index contributed by atoms with van der Waals surface area (Å²) in [7, 11) is 0. The van der Waals surface area contributed by atoms with E-state index in [9.17, 15) is 14.4 Å². The van der Waals surface area contributed by atoms with Crippen molar-refractivity contribution in [3.8, 4) is 0 Å². The molecule has 2 amide bonds. The van der Waals surface area contributed by atoms with Gasteiger partial charge in [-0.15, -0.1) is 0 Å². The van der Waals surface area contributed by atoms with E-state index in [2.05, 4.69) is 10.6 Å². The van der Waals surface area contributed by atoms with Gasteiger partial charge in [0.1, 0.15) is 12.6 Å². The standard InChI is InChI=1S/C17H24N2O4/c1-17(2,3)10-14(20)19-13(16(23)18-11-15(21)22)9-12-7-5-4-6-8-12/h4-8,13H,9-11H2,1-3H3,(H,18,23)(H,19,20)(H,21,22)/t13-/m0/s1. The van der Waals surface area contributed by atoms with Gasteiger partial charge in [-0.3, -0.25) is 14.4 Å². The highest BCUT2D eigenvalue weighted by Crippen LogP contribution is 2.18. The fourth-order valence-corrected chi connectivity index (χ4v) is 2.07. The monoisotopic (exact) mass is 320 g/mol. The Morgan fingerprint density at radius 2 is 1.74 bits per heavy atom. The number of nitrogens with one attached hydrogen (secondary N) is 2. The molecule has 1 aromatic carbocycles. The van der Waals surface area contributed by atoms with Crippen molar-refractivity contribution < 1.29 is 19.5 Å². The van der Waals surface area contributed by atoms with Crippen LogP contribution in [0.15, 0.2) is 30.3 Å². The van der Waals surface area contributed by atoms with E-state index >= 15 is 0 Å². The molecule has 0 heterocycles. The molecule has 0 aliphatic heterocycles. The largest absolute Gasteiger partial charge is 0.480 e. The summed E-state index contributed by atoms with van der Waals surface area (Å²) in [5.74, 6) is -1.86. The molecule has 1 rings (SSSR count). The van der Waals surface area contributed by atoms with Crippen molar-refractivity contribution in [2.75, 3.05) is 6.54 Å². The van der Waals surface area contributed by atoms with Crippen LogP contribution in [0, 0.1) is 5.41 Å². The average molecular weight is 320 g/mol. The Kier molecular flexibility index (Phi) is 6.75. The number of rotatable bonds is 7. The van der Waals surface area contributed by atoms with Gasteiger partial charge in [-0.2, -0.15) is 0 Å². The first-order valence-corrected chi connectivity index (χ1v) is 7.50. The Bertz CT molecular complexity index is 549. The molecule has 0 spiro atoms. The summed E-state index contributed by atoms with van der Waals surface area (Å²) in [5.41, 5.74) is 0.692. The zero-order valence-electron chi connectivity index (χ0n) is 13.8. The zero-order valence-corrected chi connectivity index (χ0v) is 13.8. The Labute approximate surface area is 136 Å². The molecule has 0 radical (unpaired) electrons. The van der Waals surface area contributed by atoms with Crippen LogP contribution >= 0.6 is 0 Å². The maximum absolute atomic E-state index is 12.2. The second kappa shape index (κ2) is 8.31. The minimum Gasteiger partial charge on any atom is -0.480 e. The Morgan fingerprint density at radius 1 is 1.13 bits per heavy atom. The molecule has 0 saturated carbocycles. The minimum atomic E-state index is -1.13. The summed E-state index contributed by atoms with van der Waals surface area (Å²) in [6.45, 7) is 5.33. The fraction of sp³-hybridized carbons (Fsp3) is 0.471. The Balaban J connectivity index is 2.77. The highest BCUT2D eigenvalue weighted by Gasteiger charge is 2.24. The van der Waals surface area contributed by atoms with Crippen LogP contribution in [0.25, 0.3) is 0 Å². The number of hydrogen-bond acceptors (Lipinski definition) is 3. The van der Waals surface area contributed by atoms with E-state index in [1.165, 1.54) is 0 Å². The van der Waals surface area contributed by atoms with Crippen LogP contribution in [-0.2, 0) is 20.8 Å². The molecule has 0 aromatic heterocycles. The van der Waals surface area contributed by atoms with Crippen LogP contribution in [0.1, 0.15) is 32.8 Å². The maximum Gasteiger partial charge on any atom is 0.322 e. The van der Waals surface area contributed by atoms with Crippen LogP contribution in [0.5, 0.6) is 0 Å². The molecule has 3 N–H and O–H groups in total. The van der Waals surface area contributed by atoms with E-state index in [4.69, 9.17) is 5.11 Å². The molecule has 0 aliphatic rings. The molecular weight excluding hydrogens is 296 g/mol. The van der Waals surface area contributed by atoms with Crippen molar-refractivity contribution in [1.29, 1.82) is 0 Å². The van der Waals surface area contributed by atoms with Crippen LogP contribution in [-0.4, -0.2) is 35.5 Å². The molecule has 6 nitrogen and oxygen atoms in total. The second-order valence-corrected chi connectivity index (χ2v) is 6.66. The number of carboxylic acids is 1. The van der Waals surface area contributed by atoms with Crippen LogP contribution in [0.3, 0.4) is 0 Å². The summed E-state index contributed by atoms with van der Waals surface area (Å²) >= 11 is 0. The number of carbonyl (C=O) groups excluding carboxylic acids is 2. The molecule has 126 valence electrons. The topological polar surface area (TPSA) is 95.5 Å². The zero-order chi connectivity index (χ0) is 17.5. The smallest absolute Gasteiger partial charge is 0.322 e. The third kappa shape index (κ3) is 7.99. The predicted molar refractivity (Wildman–Crippen MR) is 86.8 cm³/mol. The van der Waals surface area contributed by atoms with Crippen molar-refractivity contribution in [2.24, 2.45) is 5.41 Å². The summed E-state index contributed by atoms with van der Waals surface area (Å²) in [6.07, 6.45) is 0.590. The van der Waals surface area contributed by atoms with Crippen LogP contribution < -0.4 is 10.6 Å². The van der Waals surface area contributed by atoms with Crippen molar-refractivity contribution in [3.05, 3.63) is 35.9 Å². The molecular formula is C17H24N2O4. The number of aliphatic carboxylic acids is 1. The van der Waals surface area contributed by atoms with E-state index < -0.39 is 24.5 Å². The average Bonchev–Trinajstić information content (AvgIpc) is 2.43. The highest BCUT2D eigenvalue weighted by molar-refractivity contribution is 5.89. The van der Waals surface area contributed by atoms with Gasteiger partial charge in [0.2, 0.25) is 11.8 Å². The number of benzene rings is 1. The predicted octanol–water partition coefficient (Wildman–Crippen LogP) is 1.35. The van der Waals surface area contributed by atoms with Gasteiger partial charge >= 0.3 is 5.97 Å². The molecule has 23 heavy (non-hydrogen) atoms. The molecule has 0 unspecified atom stereocenters. The fourth-order valence-electron chi connectivity index (χ4n) is 2.07. The molecule has 0 fully saturated rings. The van der Waals surface area contributed by atoms with Gasteiger partial charge in [-0.1, -0.05) is 51.1 Å². The van der Waals surface area contributed by atoms with Crippen molar-refractivity contribution in [2.45, 2.75) is 39.7 Å². The van der Waals surface area contributed by atoms with Gasteiger partial charge in [0.15, 0.2) is 0 Å². The lowest BCUT2D eigenvalue weighted by atomic mass is 9.91. The van der Waals surface area contributed by atoms with Crippen LogP contribution in [0.4, 0.5) is 0 Å². The first kappa shape index (κ1) is 18.7. The summed E-state index contributed by atoms with van der Waals surface area (Å²) in [6, 6.07) is 8.46. The van der Waals surface area contributed by atoms with E-state index in [-0.39, 0.29) is 17.7 Å². The highest BCUT2D eigenvalue weighted by atomic mass is 16.4. The summed E-state index contributed by atoms with van der Waals surface area (Å²) in [5, 5.41) is 13.7. The lowest BCUT2D eigenvalue weighted by Crippen LogP contribution is -2.49. The molecule has 0 aliphatic carbocycles. The molecule has 1 atom stereocenters. The molecule has 0 bridgehead atoms. The SMILES string of the molecule is CC(C)(C)CC(=O)N[C@@H](Cc1ccccc1)C(=O)NCC(=O)O. The van der Waals surface area contributed by atoms with E-state index in [1.807, 2.05) is 51.1 Å². The second-order valence-electron chi connectivity index (χ2n) is 6.66. The van der Waals surface area contributed by atoms with Gasteiger partial charge in [0.25, 0.3) is 0 Å². The Morgan fingerprint density at radius 3 is 2.26 bits per heavy atom. The number of carbonyl (C=O) groups is 3. The third-order valence-electron chi connectivity index (χ3n) is 3.04. The van der Waals surface area contributed by atoms with E-state index in [0.29, 0.717) is 6.42 Å². The maximum atomic E-state index is 12.2. The van der Waals surface area contributed by atoms with Gasteiger partial charge in [0.05, 0.1) is 0 Å². The summed E-state index contributed by atoms with van der Waals surface area (Å²) in [4.78, 5) is 34.9. The third-order valence-corrected chi connectivity index (χ3v) is 3.04. The molecule has 1 aromatic rings. The number of amides is 2. The molecule has 0 saturated heterocycles.